The largest absolute Gasteiger partial charge is 0.394 e. The third-order valence-corrected chi connectivity index (χ3v) is 2.68. The van der Waals surface area contributed by atoms with Crippen LogP contribution in [-0.2, 0) is 4.79 Å². The van der Waals surface area contributed by atoms with E-state index in [1.54, 1.807) is 0 Å². The molecule has 7 nitrogen and oxygen atoms in total. The third kappa shape index (κ3) is 3.13. The van der Waals surface area contributed by atoms with Crippen LogP contribution in [0.15, 0.2) is 0 Å². The number of rotatable bonds is 6. The first-order valence-electron chi connectivity index (χ1n) is 3.83. The van der Waals surface area contributed by atoms with E-state index in [-0.39, 0.29) is 18.0 Å². The molecule has 15 heavy (non-hydrogen) atoms. The summed E-state index contributed by atoms with van der Waals surface area (Å²) in [6.45, 7) is -0.937. The predicted molar refractivity (Wildman–Crippen MR) is 49.3 cm³/mol. The number of aliphatic hydroxyl groups is 5. The number of hydrogen-bond donors (Lipinski definition) is 5. The minimum Gasteiger partial charge on any atom is -0.394 e. The first kappa shape index (κ1) is 14.3. The zero-order valence-corrected chi connectivity index (χ0v) is 8.33. The number of nitriles is 1. The van der Waals surface area contributed by atoms with Crippen molar-refractivity contribution in [2.45, 2.75) is 23.2 Å². The van der Waals surface area contributed by atoms with E-state index < -0.39 is 29.9 Å². The second-order valence-corrected chi connectivity index (χ2v) is 3.76. The van der Waals surface area contributed by atoms with Crippen molar-refractivity contribution in [3.8, 4) is 5.40 Å². The molecule has 0 aliphatic carbocycles. The molecular weight excluding hydrogens is 226 g/mol. The highest BCUT2D eigenvalue weighted by Crippen LogP contribution is 2.30. The molecule has 0 aromatic carbocycles. The van der Waals surface area contributed by atoms with Crippen LogP contribution < -0.4 is 0 Å². The summed E-state index contributed by atoms with van der Waals surface area (Å²) in [5, 5.41) is 55.3. The Labute approximate surface area is 89.6 Å². The second-order valence-electron chi connectivity index (χ2n) is 2.72. The summed E-state index contributed by atoms with van der Waals surface area (Å²) in [5.41, 5.74) is 0. The van der Waals surface area contributed by atoms with Crippen LogP contribution >= 0.6 is 11.8 Å². The van der Waals surface area contributed by atoms with Gasteiger partial charge in [0.2, 0.25) is 0 Å². The molecule has 0 saturated heterocycles. The molecule has 8 heteroatoms. The van der Waals surface area contributed by atoms with Gasteiger partial charge in [-0.2, -0.15) is 5.26 Å². The third-order valence-electron chi connectivity index (χ3n) is 1.75. The Morgan fingerprint density at radius 2 is 2.00 bits per heavy atom. The van der Waals surface area contributed by atoms with Crippen LogP contribution in [0.3, 0.4) is 0 Å². The number of nitrogens with zero attached hydrogens (tertiary/aromatic N) is 1. The van der Waals surface area contributed by atoms with E-state index in [1.807, 2.05) is 0 Å². The number of carbonyl (C=O) groups excluding carboxylic acids is 1. The molecule has 0 radical (unpaired) electrons. The molecule has 0 aromatic rings. The van der Waals surface area contributed by atoms with E-state index in [4.69, 9.17) is 20.6 Å². The number of aldehydes is 1. The Bertz CT molecular complexity index is 256. The van der Waals surface area contributed by atoms with Crippen molar-refractivity contribution < 1.29 is 30.3 Å². The lowest BCUT2D eigenvalue weighted by molar-refractivity contribution is -0.145. The standard InChI is InChI=1S/C7H11NO6S/c8-3-15-7(14,5(12)2-10)6(13)4(11)1-9/h1,4-6,10-14H,2H2/t4-,5+,6+,7+/m0/s1. The molecule has 0 rings (SSSR count). The Hall–Kier alpha value is -0.690. The monoisotopic (exact) mass is 237 g/mol. The van der Waals surface area contributed by atoms with Crippen LogP contribution in [0.5, 0.6) is 0 Å². The van der Waals surface area contributed by atoms with Gasteiger partial charge in [-0.3, -0.25) is 0 Å². The Morgan fingerprint density at radius 1 is 1.47 bits per heavy atom. The minimum atomic E-state index is -2.52. The zero-order chi connectivity index (χ0) is 12.1. The number of aliphatic hydroxyl groups excluding tert-OH is 4. The van der Waals surface area contributed by atoms with Crippen molar-refractivity contribution in [1.29, 1.82) is 5.26 Å². The lowest BCUT2D eigenvalue weighted by Crippen LogP contribution is -2.55. The smallest absolute Gasteiger partial charge is 0.181 e. The van der Waals surface area contributed by atoms with Gasteiger partial charge < -0.3 is 30.3 Å². The van der Waals surface area contributed by atoms with Crippen molar-refractivity contribution in [3.63, 3.8) is 0 Å². The summed E-state index contributed by atoms with van der Waals surface area (Å²) >= 11 is 0.0454. The Kier molecular flexibility index (Phi) is 5.74. The van der Waals surface area contributed by atoms with Gasteiger partial charge in [-0.1, -0.05) is 0 Å². The van der Waals surface area contributed by atoms with E-state index in [1.165, 1.54) is 5.40 Å². The first-order valence-corrected chi connectivity index (χ1v) is 4.65. The maximum absolute atomic E-state index is 10.2. The second kappa shape index (κ2) is 6.02. The first-order chi connectivity index (χ1) is 6.93. The molecule has 0 bridgehead atoms. The van der Waals surface area contributed by atoms with E-state index in [9.17, 15) is 15.0 Å². The van der Waals surface area contributed by atoms with Crippen LogP contribution in [0.1, 0.15) is 0 Å². The van der Waals surface area contributed by atoms with E-state index >= 15 is 0 Å². The van der Waals surface area contributed by atoms with Crippen molar-refractivity contribution in [2.24, 2.45) is 0 Å². The van der Waals surface area contributed by atoms with Gasteiger partial charge in [-0.25, -0.2) is 0 Å². The summed E-state index contributed by atoms with van der Waals surface area (Å²) in [6.07, 6.45) is -5.97. The highest BCUT2D eigenvalue weighted by molar-refractivity contribution is 8.04. The molecule has 0 heterocycles. The van der Waals surface area contributed by atoms with Gasteiger partial charge in [0.15, 0.2) is 11.2 Å². The molecular formula is C7H11NO6S. The van der Waals surface area contributed by atoms with Gasteiger partial charge in [0.1, 0.15) is 23.7 Å². The highest BCUT2D eigenvalue weighted by Gasteiger charge is 2.47. The van der Waals surface area contributed by atoms with Crippen molar-refractivity contribution >= 4 is 18.0 Å². The average Bonchev–Trinajstić information content (AvgIpc) is 2.25. The molecule has 86 valence electrons. The molecule has 4 atom stereocenters. The summed E-state index contributed by atoms with van der Waals surface area (Å²) < 4.78 is 0. The normalized spacial score (nSPS) is 20.8. The van der Waals surface area contributed by atoms with Crippen molar-refractivity contribution in [3.05, 3.63) is 0 Å². The van der Waals surface area contributed by atoms with E-state index in [0.29, 0.717) is 0 Å². The zero-order valence-electron chi connectivity index (χ0n) is 7.52. The summed E-state index contributed by atoms with van der Waals surface area (Å²) in [5.74, 6) is 0. The molecule has 0 unspecified atom stereocenters. The van der Waals surface area contributed by atoms with Crippen LogP contribution in [0, 0.1) is 10.7 Å². The van der Waals surface area contributed by atoms with Crippen molar-refractivity contribution in [1.82, 2.24) is 0 Å². The lowest BCUT2D eigenvalue weighted by atomic mass is 10.0. The number of carbonyl (C=O) groups is 1. The number of thiocyanates is 1. The fourth-order valence-corrected chi connectivity index (χ4v) is 1.47. The van der Waals surface area contributed by atoms with Gasteiger partial charge in [0.25, 0.3) is 0 Å². The molecule has 0 saturated carbocycles. The molecule has 0 fully saturated rings. The van der Waals surface area contributed by atoms with Crippen LogP contribution in [-0.4, -0.2) is 61.7 Å². The minimum absolute atomic E-state index is 0.0454. The Morgan fingerprint density at radius 3 is 2.33 bits per heavy atom. The van der Waals surface area contributed by atoms with E-state index in [0.717, 1.165) is 0 Å². The molecule has 0 aromatic heterocycles. The van der Waals surface area contributed by atoms with Crippen molar-refractivity contribution in [2.75, 3.05) is 6.61 Å². The topological polar surface area (TPSA) is 142 Å². The van der Waals surface area contributed by atoms with E-state index in [2.05, 4.69) is 0 Å². The van der Waals surface area contributed by atoms with Crippen LogP contribution in [0.4, 0.5) is 0 Å². The molecule has 0 aliphatic rings. The Balaban J connectivity index is 4.93. The maximum atomic E-state index is 10.2. The van der Waals surface area contributed by atoms with Gasteiger partial charge in [0, 0.05) is 0 Å². The van der Waals surface area contributed by atoms with Gasteiger partial charge in [-0.15, -0.1) is 0 Å². The van der Waals surface area contributed by atoms with Crippen LogP contribution in [0.2, 0.25) is 0 Å². The molecule has 0 aliphatic heterocycles. The predicted octanol–water partition coefficient (Wildman–Crippen LogP) is -2.84. The quantitative estimate of drug-likeness (QED) is 0.189. The van der Waals surface area contributed by atoms with Crippen LogP contribution in [0.25, 0.3) is 0 Å². The summed E-state index contributed by atoms with van der Waals surface area (Å²) in [6, 6.07) is 0. The number of thioether (sulfide) groups is 1. The summed E-state index contributed by atoms with van der Waals surface area (Å²) in [4.78, 5) is 7.63. The van der Waals surface area contributed by atoms with Gasteiger partial charge >= 0.3 is 0 Å². The van der Waals surface area contributed by atoms with Gasteiger partial charge in [-0.05, 0) is 11.8 Å². The summed E-state index contributed by atoms with van der Waals surface area (Å²) in [7, 11) is 0. The highest BCUT2D eigenvalue weighted by atomic mass is 32.2. The average molecular weight is 237 g/mol. The SMILES string of the molecule is N#CS[C@](O)([C@H](O)CO)[C@H](O)[C@@H](O)C=O. The maximum Gasteiger partial charge on any atom is 0.181 e. The molecule has 5 N–H and O–H groups in total. The molecule has 0 spiro atoms. The number of hydrogen-bond acceptors (Lipinski definition) is 8. The lowest BCUT2D eigenvalue weighted by Gasteiger charge is -2.33. The fourth-order valence-electron chi connectivity index (χ4n) is 0.849. The fraction of sp³-hybridized carbons (Fsp3) is 0.714. The molecule has 0 amide bonds. The van der Waals surface area contributed by atoms with Gasteiger partial charge in [0.05, 0.1) is 6.61 Å².